The summed E-state index contributed by atoms with van der Waals surface area (Å²) in [5.74, 6) is -0.385. The number of likely N-dealkylation sites (tertiary alicyclic amines) is 2. The molecule has 10 heteroatoms. The summed E-state index contributed by atoms with van der Waals surface area (Å²) >= 11 is 0. The van der Waals surface area contributed by atoms with Crippen LogP contribution in [-0.4, -0.2) is 68.7 Å². The minimum absolute atomic E-state index is 0.182. The number of amides is 3. The molecule has 4 rings (SSSR count). The number of piperidine rings is 1. The van der Waals surface area contributed by atoms with Gasteiger partial charge in [0.1, 0.15) is 18.4 Å². The summed E-state index contributed by atoms with van der Waals surface area (Å²) < 4.78 is 5.94. The number of hydrogen-bond acceptors (Lipinski definition) is 6. The van der Waals surface area contributed by atoms with E-state index < -0.39 is 23.5 Å². The Morgan fingerprint density at radius 2 is 1.76 bits per heavy atom. The van der Waals surface area contributed by atoms with Gasteiger partial charge < -0.3 is 19.6 Å². The van der Waals surface area contributed by atoms with Crippen LogP contribution in [0.15, 0.2) is 36.4 Å². The second kappa shape index (κ2) is 10.8. The number of benzene rings is 1. The molecule has 1 aromatic carbocycles. The molecule has 2 aromatic rings. The Kier molecular flexibility index (Phi) is 7.68. The van der Waals surface area contributed by atoms with Crippen LogP contribution in [-0.2, 0) is 21.6 Å². The number of aryl methyl sites for hydroxylation is 2. The van der Waals surface area contributed by atoms with Crippen LogP contribution < -0.4 is 10.2 Å². The standard InChI is InChI=1S/C27H34N4O6/c1-17-14-19(15-18(2)28-17)16-37-22-6-4-21(5-7-22)27(3)10-13-31(25(27)33)23(24(32)29-36)20-8-11-30(12-9-20)26(34)35/h4-7,14-15,20,23,36H,8-13,16H2,1-3H3,(H,29,32)(H,34,35). The van der Waals surface area contributed by atoms with Gasteiger partial charge in [0.15, 0.2) is 0 Å². The smallest absolute Gasteiger partial charge is 0.407 e. The fraction of sp³-hybridized carbons (Fsp3) is 0.481. The zero-order valence-electron chi connectivity index (χ0n) is 21.4. The highest BCUT2D eigenvalue weighted by Gasteiger charge is 2.50. The van der Waals surface area contributed by atoms with Gasteiger partial charge in [-0.05, 0) is 81.3 Å². The highest BCUT2D eigenvalue weighted by Crippen LogP contribution is 2.39. The van der Waals surface area contributed by atoms with E-state index in [-0.39, 0.29) is 24.9 Å². The van der Waals surface area contributed by atoms with Gasteiger partial charge in [-0.25, -0.2) is 10.3 Å². The molecule has 37 heavy (non-hydrogen) atoms. The maximum atomic E-state index is 13.7. The Morgan fingerprint density at radius 3 is 2.32 bits per heavy atom. The largest absolute Gasteiger partial charge is 0.489 e. The molecule has 2 fully saturated rings. The first-order chi connectivity index (χ1) is 17.6. The number of nitrogens with one attached hydrogen (secondary N) is 1. The summed E-state index contributed by atoms with van der Waals surface area (Å²) in [4.78, 5) is 44.9. The molecule has 0 bridgehead atoms. The number of carbonyl (C=O) groups is 3. The molecule has 3 N–H and O–H groups in total. The van der Waals surface area contributed by atoms with E-state index >= 15 is 0 Å². The van der Waals surface area contributed by atoms with E-state index in [1.54, 1.807) is 10.4 Å². The minimum atomic E-state index is -0.995. The molecule has 0 radical (unpaired) electrons. The molecule has 2 atom stereocenters. The molecule has 0 saturated carbocycles. The van der Waals surface area contributed by atoms with Gasteiger partial charge in [-0.1, -0.05) is 12.1 Å². The van der Waals surface area contributed by atoms with Gasteiger partial charge in [0.05, 0.1) is 5.41 Å². The lowest BCUT2D eigenvalue weighted by Gasteiger charge is -2.38. The van der Waals surface area contributed by atoms with Crippen molar-refractivity contribution in [2.24, 2.45) is 5.92 Å². The van der Waals surface area contributed by atoms with Crippen LogP contribution in [0.2, 0.25) is 0 Å². The van der Waals surface area contributed by atoms with Crippen LogP contribution in [0.1, 0.15) is 48.7 Å². The van der Waals surface area contributed by atoms with Crippen LogP contribution in [0, 0.1) is 19.8 Å². The number of hydroxylamine groups is 1. The summed E-state index contributed by atoms with van der Waals surface area (Å²) in [6, 6.07) is 10.6. The summed E-state index contributed by atoms with van der Waals surface area (Å²) in [5.41, 5.74) is 4.63. The van der Waals surface area contributed by atoms with E-state index in [9.17, 15) is 24.7 Å². The average molecular weight is 511 g/mol. The van der Waals surface area contributed by atoms with E-state index in [4.69, 9.17) is 4.74 Å². The number of nitrogens with zero attached hydrogens (tertiary/aromatic N) is 3. The van der Waals surface area contributed by atoms with E-state index in [1.165, 1.54) is 4.90 Å². The minimum Gasteiger partial charge on any atom is -0.489 e. The van der Waals surface area contributed by atoms with Crippen molar-refractivity contribution < 1.29 is 29.4 Å². The fourth-order valence-electron chi connectivity index (χ4n) is 5.58. The topological polar surface area (TPSA) is 132 Å². The van der Waals surface area contributed by atoms with Crippen LogP contribution in [0.5, 0.6) is 5.75 Å². The van der Waals surface area contributed by atoms with E-state index in [0.29, 0.717) is 38.2 Å². The Labute approximate surface area is 216 Å². The molecule has 198 valence electrons. The number of pyridine rings is 1. The van der Waals surface area contributed by atoms with Crippen molar-refractivity contribution in [3.05, 3.63) is 58.9 Å². The molecule has 2 aliphatic heterocycles. The molecule has 3 heterocycles. The molecule has 2 unspecified atom stereocenters. The lowest BCUT2D eigenvalue weighted by molar-refractivity contribution is -0.146. The highest BCUT2D eigenvalue weighted by atomic mass is 16.5. The van der Waals surface area contributed by atoms with Gasteiger partial charge in [-0.3, -0.25) is 19.8 Å². The average Bonchev–Trinajstić information content (AvgIpc) is 3.18. The second-order valence-electron chi connectivity index (χ2n) is 10.2. The maximum Gasteiger partial charge on any atom is 0.407 e. The Hall–Kier alpha value is -3.66. The fourth-order valence-corrected chi connectivity index (χ4v) is 5.58. The number of hydrogen-bond donors (Lipinski definition) is 3. The molecule has 0 spiro atoms. The Balaban J connectivity index is 1.46. The molecule has 2 aliphatic rings. The highest BCUT2D eigenvalue weighted by molar-refractivity contribution is 5.94. The monoisotopic (exact) mass is 510 g/mol. The van der Waals surface area contributed by atoms with Crippen molar-refractivity contribution in [3.8, 4) is 5.75 Å². The third-order valence-corrected chi connectivity index (χ3v) is 7.60. The quantitative estimate of drug-likeness (QED) is 0.385. The third-order valence-electron chi connectivity index (χ3n) is 7.60. The Morgan fingerprint density at radius 1 is 1.14 bits per heavy atom. The van der Waals surface area contributed by atoms with Gasteiger partial charge in [0, 0.05) is 31.0 Å². The van der Waals surface area contributed by atoms with E-state index in [0.717, 1.165) is 22.5 Å². The molecular formula is C27H34N4O6. The lowest BCUT2D eigenvalue weighted by Crippen LogP contribution is -2.55. The van der Waals surface area contributed by atoms with Gasteiger partial charge in [0.25, 0.3) is 5.91 Å². The lowest BCUT2D eigenvalue weighted by atomic mass is 9.80. The Bertz CT molecular complexity index is 1140. The predicted molar refractivity (Wildman–Crippen MR) is 134 cm³/mol. The number of carbonyl (C=O) groups excluding carboxylic acids is 2. The molecule has 2 saturated heterocycles. The number of rotatable bonds is 7. The normalized spacial score (nSPS) is 21.1. The molecule has 10 nitrogen and oxygen atoms in total. The van der Waals surface area contributed by atoms with Gasteiger partial charge in [-0.2, -0.15) is 0 Å². The maximum absolute atomic E-state index is 13.7. The van der Waals surface area contributed by atoms with Gasteiger partial charge in [0.2, 0.25) is 5.91 Å². The molecule has 1 aromatic heterocycles. The van der Waals surface area contributed by atoms with Crippen LogP contribution in [0.4, 0.5) is 4.79 Å². The van der Waals surface area contributed by atoms with Gasteiger partial charge in [-0.15, -0.1) is 0 Å². The third kappa shape index (κ3) is 5.53. The SMILES string of the molecule is Cc1cc(COc2ccc(C3(C)CCN(C(C(=O)NO)C4CCN(C(=O)O)CC4)C3=O)cc2)cc(C)n1. The summed E-state index contributed by atoms with van der Waals surface area (Å²) in [7, 11) is 0. The van der Waals surface area contributed by atoms with Crippen LogP contribution in [0.3, 0.4) is 0 Å². The van der Waals surface area contributed by atoms with Crippen molar-refractivity contribution in [3.63, 3.8) is 0 Å². The van der Waals surface area contributed by atoms with Crippen LogP contribution in [0.25, 0.3) is 0 Å². The van der Waals surface area contributed by atoms with Crippen molar-refractivity contribution in [2.75, 3.05) is 19.6 Å². The van der Waals surface area contributed by atoms with Crippen molar-refractivity contribution in [1.29, 1.82) is 0 Å². The number of ether oxygens (including phenoxy) is 1. The summed E-state index contributed by atoms with van der Waals surface area (Å²) in [6.07, 6.45) is 0.399. The summed E-state index contributed by atoms with van der Waals surface area (Å²) in [6.45, 7) is 7.11. The zero-order valence-corrected chi connectivity index (χ0v) is 21.4. The van der Waals surface area contributed by atoms with E-state index in [2.05, 4.69) is 4.98 Å². The van der Waals surface area contributed by atoms with Crippen molar-refractivity contribution >= 4 is 17.9 Å². The first-order valence-corrected chi connectivity index (χ1v) is 12.5. The first-order valence-electron chi connectivity index (χ1n) is 12.5. The molecule has 0 aliphatic carbocycles. The second-order valence-corrected chi connectivity index (χ2v) is 10.2. The zero-order chi connectivity index (χ0) is 26.7. The first kappa shape index (κ1) is 26.4. The van der Waals surface area contributed by atoms with Crippen molar-refractivity contribution in [2.45, 2.75) is 58.1 Å². The molecule has 3 amide bonds. The van der Waals surface area contributed by atoms with Crippen LogP contribution >= 0.6 is 0 Å². The van der Waals surface area contributed by atoms with Gasteiger partial charge >= 0.3 is 6.09 Å². The number of aromatic nitrogens is 1. The molecular weight excluding hydrogens is 476 g/mol. The van der Waals surface area contributed by atoms with Crippen molar-refractivity contribution in [1.82, 2.24) is 20.3 Å². The summed E-state index contributed by atoms with van der Waals surface area (Å²) in [5, 5.41) is 18.6. The number of carboxylic acid groups (broad SMARTS) is 1. The predicted octanol–water partition coefficient (Wildman–Crippen LogP) is 3.03. The van der Waals surface area contributed by atoms with E-state index in [1.807, 2.05) is 57.2 Å².